The average molecular weight is 248 g/mol. The molecule has 4 heteroatoms. The molecule has 1 unspecified atom stereocenters. The number of piperidine rings is 1. The summed E-state index contributed by atoms with van der Waals surface area (Å²) in [5.41, 5.74) is 1.13. The van der Waals surface area contributed by atoms with Crippen molar-refractivity contribution in [2.45, 2.75) is 39.2 Å². The lowest BCUT2D eigenvalue weighted by molar-refractivity contribution is -0.145. The summed E-state index contributed by atoms with van der Waals surface area (Å²) in [6, 6.07) is 3.83. The Hall–Kier alpha value is -1.58. The van der Waals surface area contributed by atoms with Gasteiger partial charge < -0.3 is 9.64 Å². The summed E-state index contributed by atoms with van der Waals surface area (Å²) >= 11 is 0. The molecule has 1 aromatic rings. The van der Waals surface area contributed by atoms with E-state index in [1.807, 2.05) is 32.2 Å². The van der Waals surface area contributed by atoms with Crippen LogP contribution < -0.4 is 4.90 Å². The summed E-state index contributed by atoms with van der Waals surface area (Å²) in [6.45, 7) is 5.16. The normalized spacial score (nSPS) is 19.7. The Kier molecular flexibility index (Phi) is 4.18. The summed E-state index contributed by atoms with van der Waals surface area (Å²) in [5.74, 6) is 0.748. The predicted molar refractivity (Wildman–Crippen MR) is 70.6 cm³/mol. The molecule has 0 saturated carbocycles. The molecule has 2 heterocycles. The Labute approximate surface area is 108 Å². The van der Waals surface area contributed by atoms with Crippen molar-refractivity contribution in [1.82, 2.24) is 4.98 Å². The lowest BCUT2D eigenvalue weighted by Crippen LogP contribution is -2.46. The van der Waals surface area contributed by atoms with Crippen LogP contribution in [-0.2, 0) is 9.53 Å². The molecule has 0 bridgehead atoms. The molecular formula is C14H20N2O2. The number of pyridine rings is 1. The first kappa shape index (κ1) is 12.9. The molecule has 1 saturated heterocycles. The molecule has 2 rings (SSSR count). The zero-order valence-electron chi connectivity index (χ0n) is 11.1. The van der Waals surface area contributed by atoms with Gasteiger partial charge in [0.25, 0.3) is 0 Å². The van der Waals surface area contributed by atoms with Crippen LogP contribution in [0.4, 0.5) is 5.82 Å². The second-order valence-corrected chi connectivity index (χ2v) is 4.65. The molecule has 1 atom stereocenters. The van der Waals surface area contributed by atoms with Crippen molar-refractivity contribution in [2.75, 3.05) is 18.1 Å². The molecule has 0 radical (unpaired) electrons. The SMILES string of the molecule is CCOC(=O)C1CCCCN1c1ccc(C)cn1. The zero-order chi connectivity index (χ0) is 13.0. The number of aromatic nitrogens is 1. The van der Waals surface area contributed by atoms with Gasteiger partial charge in [0, 0.05) is 12.7 Å². The number of esters is 1. The van der Waals surface area contributed by atoms with Crippen LogP contribution in [0.5, 0.6) is 0 Å². The molecule has 0 spiro atoms. The lowest BCUT2D eigenvalue weighted by atomic mass is 10.0. The Bertz CT molecular complexity index is 403. The van der Waals surface area contributed by atoms with E-state index in [-0.39, 0.29) is 12.0 Å². The van der Waals surface area contributed by atoms with Crippen molar-refractivity contribution in [1.29, 1.82) is 0 Å². The van der Waals surface area contributed by atoms with Crippen molar-refractivity contribution in [3.8, 4) is 0 Å². The maximum Gasteiger partial charge on any atom is 0.328 e. The number of ether oxygens (including phenoxy) is 1. The van der Waals surface area contributed by atoms with E-state index in [4.69, 9.17) is 4.74 Å². The molecular weight excluding hydrogens is 228 g/mol. The Morgan fingerprint density at radius 2 is 2.33 bits per heavy atom. The van der Waals surface area contributed by atoms with Gasteiger partial charge in [0.1, 0.15) is 11.9 Å². The van der Waals surface area contributed by atoms with E-state index in [1.165, 1.54) is 0 Å². The van der Waals surface area contributed by atoms with Crippen molar-refractivity contribution in [3.63, 3.8) is 0 Å². The standard InChI is InChI=1S/C14H20N2O2/c1-3-18-14(17)12-6-4-5-9-16(12)13-8-7-11(2)10-15-13/h7-8,10,12H,3-6,9H2,1-2H3. The van der Waals surface area contributed by atoms with E-state index in [2.05, 4.69) is 9.88 Å². The smallest absolute Gasteiger partial charge is 0.328 e. The number of carbonyl (C=O) groups is 1. The Morgan fingerprint density at radius 3 is 3.00 bits per heavy atom. The number of carbonyl (C=O) groups excluding carboxylic acids is 1. The van der Waals surface area contributed by atoms with Crippen LogP contribution in [0.15, 0.2) is 18.3 Å². The lowest BCUT2D eigenvalue weighted by Gasteiger charge is -2.34. The minimum Gasteiger partial charge on any atom is -0.464 e. The second-order valence-electron chi connectivity index (χ2n) is 4.65. The quantitative estimate of drug-likeness (QED) is 0.770. The molecule has 0 aliphatic carbocycles. The minimum absolute atomic E-state index is 0.125. The van der Waals surface area contributed by atoms with Crippen molar-refractivity contribution < 1.29 is 9.53 Å². The van der Waals surface area contributed by atoms with E-state index in [9.17, 15) is 4.79 Å². The maximum atomic E-state index is 12.0. The average Bonchev–Trinajstić information content (AvgIpc) is 2.40. The molecule has 1 fully saturated rings. The van der Waals surface area contributed by atoms with Crippen LogP contribution in [-0.4, -0.2) is 30.1 Å². The third kappa shape index (κ3) is 2.81. The van der Waals surface area contributed by atoms with Crippen molar-refractivity contribution in [2.24, 2.45) is 0 Å². The van der Waals surface area contributed by atoms with Gasteiger partial charge in [-0.2, -0.15) is 0 Å². The summed E-state index contributed by atoms with van der Waals surface area (Å²) in [7, 11) is 0. The number of hydrogen-bond donors (Lipinski definition) is 0. The highest BCUT2D eigenvalue weighted by molar-refractivity contribution is 5.79. The molecule has 0 amide bonds. The summed E-state index contributed by atoms with van der Waals surface area (Å²) in [5, 5.41) is 0. The van der Waals surface area contributed by atoms with Crippen LogP contribution in [0, 0.1) is 6.92 Å². The summed E-state index contributed by atoms with van der Waals surface area (Å²) < 4.78 is 5.15. The molecule has 98 valence electrons. The van der Waals surface area contributed by atoms with Gasteiger partial charge in [-0.05, 0) is 44.7 Å². The fourth-order valence-electron chi connectivity index (χ4n) is 2.32. The van der Waals surface area contributed by atoms with Crippen LogP contribution in [0.25, 0.3) is 0 Å². The Balaban J connectivity index is 2.17. The zero-order valence-corrected chi connectivity index (χ0v) is 11.1. The highest BCUT2D eigenvalue weighted by Gasteiger charge is 2.30. The van der Waals surface area contributed by atoms with Gasteiger partial charge in [-0.1, -0.05) is 6.07 Å². The van der Waals surface area contributed by atoms with Gasteiger partial charge in [0.05, 0.1) is 6.61 Å². The van der Waals surface area contributed by atoms with Crippen LogP contribution in [0.3, 0.4) is 0 Å². The monoisotopic (exact) mass is 248 g/mol. The van der Waals surface area contributed by atoms with Crippen LogP contribution >= 0.6 is 0 Å². The summed E-state index contributed by atoms with van der Waals surface area (Å²) in [4.78, 5) is 18.4. The third-order valence-corrected chi connectivity index (χ3v) is 3.25. The third-order valence-electron chi connectivity index (χ3n) is 3.25. The van der Waals surface area contributed by atoms with Gasteiger partial charge in [-0.15, -0.1) is 0 Å². The molecule has 1 aliphatic rings. The summed E-state index contributed by atoms with van der Waals surface area (Å²) in [6.07, 6.45) is 4.87. The van der Waals surface area contributed by atoms with Gasteiger partial charge in [-0.25, -0.2) is 9.78 Å². The Morgan fingerprint density at radius 1 is 1.50 bits per heavy atom. The van der Waals surface area contributed by atoms with Gasteiger partial charge >= 0.3 is 5.97 Å². The molecule has 0 aromatic carbocycles. The van der Waals surface area contributed by atoms with Gasteiger partial charge in [0.2, 0.25) is 0 Å². The van der Waals surface area contributed by atoms with Crippen molar-refractivity contribution >= 4 is 11.8 Å². The number of nitrogens with zero attached hydrogens (tertiary/aromatic N) is 2. The first-order chi connectivity index (χ1) is 8.72. The molecule has 1 aliphatic heterocycles. The first-order valence-electron chi connectivity index (χ1n) is 6.58. The fraction of sp³-hybridized carbons (Fsp3) is 0.571. The molecule has 1 aromatic heterocycles. The highest BCUT2D eigenvalue weighted by Crippen LogP contribution is 2.24. The maximum absolute atomic E-state index is 12.0. The van der Waals surface area contributed by atoms with Gasteiger partial charge in [0.15, 0.2) is 0 Å². The molecule has 0 N–H and O–H groups in total. The van der Waals surface area contributed by atoms with E-state index in [1.54, 1.807) is 0 Å². The van der Waals surface area contributed by atoms with Crippen LogP contribution in [0.1, 0.15) is 31.7 Å². The van der Waals surface area contributed by atoms with E-state index in [0.717, 1.165) is 37.2 Å². The van der Waals surface area contributed by atoms with E-state index >= 15 is 0 Å². The number of anilines is 1. The van der Waals surface area contributed by atoms with E-state index in [0.29, 0.717) is 6.61 Å². The largest absolute Gasteiger partial charge is 0.464 e. The molecule has 18 heavy (non-hydrogen) atoms. The minimum atomic E-state index is -0.172. The fourth-order valence-corrected chi connectivity index (χ4v) is 2.32. The first-order valence-corrected chi connectivity index (χ1v) is 6.58. The number of aryl methyl sites for hydroxylation is 1. The second kappa shape index (κ2) is 5.85. The number of rotatable bonds is 3. The van der Waals surface area contributed by atoms with Gasteiger partial charge in [-0.3, -0.25) is 0 Å². The predicted octanol–water partition coefficient (Wildman–Crippen LogP) is 2.31. The van der Waals surface area contributed by atoms with E-state index < -0.39 is 0 Å². The topological polar surface area (TPSA) is 42.4 Å². The highest BCUT2D eigenvalue weighted by atomic mass is 16.5. The van der Waals surface area contributed by atoms with Crippen LogP contribution in [0.2, 0.25) is 0 Å². The number of hydrogen-bond acceptors (Lipinski definition) is 4. The van der Waals surface area contributed by atoms with Crippen molar-refractivity contribution in [3.05, 3.63) is 23.9 Å². The molecule has 4 nitrogen and oxygen atoms in total.